The first-order valence-corrected chi connectivity index (χ1v) is 6.55. The molecule has 2 rings (SSSR count). The molecule has 2 aromatic rings. The standard InChI is InChI=1S/C16H16N2O4/c1-9-7-13(19)12(18-17)8-11(9)10-5-6-14(20-2)16(22-4)15(10)21-3/h5-8H,1-4H3/p+1. The van der Waals surface area contributed by atoms with Gasteiger partial charge in [-0.05, 0) is 36.2 Å². The third-order valence-electron chi connectivity index (χ3n) is 3.42. The van der Waals surface area contributed by atoms with Gasteiger partial charge in [0.05, 0.1) is 21.3 Å². The van der Waals surface area contributed by atoms with Crippen LogP contribution in [0.5, 0.6) is 23.0 Å². The van der Waals surface area contributed by atoms with Crippen LogP contribution in [0.4, 0.5) is 5.69 Å². The van der Waals surface area contributed by atoms with E-state index in [9.17, 15) is 5.11 Å². The number of hydrogen-bond acceptors (Lipinski definition) is 5. The van der Waals surface area contributed by atoms with Crippen LogP contribution in [0.2, 0.25) is 0 Å². The molecule has 0 bridgehead atoms. The number of ether oxygens (including phenoxy) is 3. The van der Waals surface area contributed by atoms with Gasteiger partial charge < -0.3 is 19.3 Å². The zero-order valence-electron chi connectivity index (χ0n) is 12.9. The maximum atomic E-state index is 9.74. The van der Waals surface area contributed by atoms with Crippen molar-refractivity contribution < 1.29 is 19.3 Å². The summed E-state index contributed by atoms with van der Waals surface area (Å²) in [4.78, 5) is 3.08. The van der Waals surface area contributed by atoms with Gasteiger partial charge in [0, 0.05) is 11.6 Å². The van der Waals surface area contributed by atoms with E-state index < -0.39 is 0 Å². The average Bonchev–Trinajstić information content (AvgIpc) is 2.53. The quantitative estimate of drug-likeness (QED) is 0.867. The SMILES string of the molecule is COc1ccc(-c2cc([N+]#N)c(O)cc2C)c(OC)c1OC. The highest BCUT2D eigenvalue weighted by Crippen LogP contribution is 2.46. The van der Waals surface area contributed by atoms with E-state index in [4.69, 9.17) is 19.6 Å². The van der Waals surface area contributed by atoms with Crippen LogP contribution in [0.15, 0.2) is 24.3 Å². The minimum absolute atomic E-state index is 0.0810. The molecule has 0 fully saturated rings. The van der Waals surface area contributed by atoms with E-state index in [0.29, 0.717) is 17.2 Å². The molecule has 0 saturated carbocycles. The summed E-state index contributed by atoms with van der Waals surface area (Å²) in [6.45, 7) is 1.84. The van der Waals surface area contributed by atoms with Crippen molar-refractivity contribution in [2.45, 2.75) is 6.92 Å². The minimum Gasteiger partial charge on any atom is -0.501 e. The zero-order valence-corrected chi connectivity index (χ0v) is 12.9. The van der Waals surface area contributed by atoms with Gasteiger partial charge in [0.25, 0.3) is 0 Å². The largest absolute Gasteiger partial charge is 0.501 e. The van der Waals surface area contributed by atoms with E-state index >= 15 is 0 Å². The van der Waals surface area contributed by atoms with E-state index in [0.717, 1.165) is 16.7 Å². The molecular weight excluding hydrogens is 284 g/mol. The molecule has 114 valence electrons. The highest BCUT2D eigenvalue weighted by Gasteiger charge is 2.22. The van der Waals surface area contributed by atoms with Crippen LogP contribution in [0.3, 0.4) is 0 Å². The molecule has 6 heteroatoms. The van der Waals surface area contributed by atoms with Gasteiger partial charge >= 0.3 is 5.69 Å². The molecule has 0 saturated heterocycles. The molecule has 0 unspecified atom stereocenters. The van der Waals surface area contributed by atoms with E-state index in [1.54, 1.807) is 19.2 Å². The number of phenolic OH excluding ortho intramolecular Hbond substituents is 1. The van der Waals surface area contributed by atoms with Gasteiger partial charge in [0.15, 0.2) is 16.5 Å². The molecule has 0 aliphatic heterocycles. The van der Waals surface area contributed by atoms with Crippen LogP contribution >= 0.6 is 0 Å². The summed E-state index contributed by atoms with van der Waals surface area (Å²) >= 11 is 0. The van der Waals surface area contributed by atoms with Crippen molar-refractivity contribution in [3.63, 3.8) is 0 Å². The fourth-order valence-electron chi connectivity index (χ4n) is 2.36. The first-order valence-electron chi connectivity index (χ1n) is 6.55. The van der Waals surface area contributed by atoms with Crippen LogP contribution in [-0.4, -0.2) is 26.4 Å². The van der Waals surface area contributed by atoms with Crippen LogP contribution in [0.1, 0.15) is 5.56 Å². The lowest BCUT2D eigenvalue weighted by atomic mass is 9.98. The Morgan fingerprint density at radius 2 is 1.64 bits per heavy atom. The summed E-state index contributed by atoms with van der Waals surface area (Å²) in [5, 5.41) is 18.7. The van der Waals surface area contributed by atoms with Gasteiger partial charge in [0.1, 0.15) is 0 Å². The van der Waals surface area contributed by atoms with E-state index in [-0.39, 0.29) is 11.4 Å². The second kappa shape index (κ2) is 6.22. The second-order valence-electron chi connectivity index (χ2n) is 4.64. The van der Waals surface area contributed by atoms with Crippen molar-refractivity contribution in [1.29, 1.82) is 5.39 Å². The third-order valence-corrected chi connectivity index (χ3v) is 3.42. The monoisotopic (exact) mass is 301 g/mol. The molecule has 0 heterocycles. The molecule has 0 spiro atoms. The van der Waals surface area contributed by atoms with Crippen LogP contribution in [-0.2, 0) is 0 Å². The predicted molar refractivity (Wildman–Crippen MR) is 82.7 cm³/mol. The maximum Gasteiger partial charge on any atom is 0.426 e. The van der Waals surface area contributed by atoms with Crippen LogP contribution in [0.25, 0.3) is 16.1 Å². The molecule has 0 aliphatic carbocycles. The molecule has 2 aromatic carbocycles. The lowest BCUT2D eigenvalue weighted by Crippen LogP contribution is -1.97. The summed E-state index contributed by atoms with van der Waals surface area (Å²) in [5.41, 5.74) is 2.37. The molecule has 22 heavy (non-hydrogen) atoms. The molecule has 1 N–H and O–H groups in total. The zero-order chi connectivity index (χ0) is 16.3. The molecule has 0 atom stereocenters. The smallest absolute Gasteiger partial charge is 0.426 e. The molecule has 0 aliphatic rings. The Kier molecular flexibility index (Phi) is 4.37. The number of phenols is 1. The average molecular weight is 301 g/mol. The highest BCUT2D eigenvalue weighted by atomic mass is 16.5. The fourth-order valence-corrected chi connectivity index (χ4v) is 2.36. The maximum absolute atomic E-state index is 9.74. The van der Waals surface area contributed by atoms with Crippen molar-refractivity contribution in [2.24, 2.45) is 0 Å². The van der Waals surface area contributed by atoms with Crippen molar-refractivity contribution in [2.75, 3.05) is 21.3 Å². The Morgan fingerprint density at radius 1 is 0.955 bits per heavy atom. The van der Waals surface area contributed by atoms with Crippen molar-refractivity contribution in [3.05, 3.63) is 34.8 Å². The third kappa shape index (κ3) is 2.49. The van der Waals surface area contributed by atoms with E-state index in [1.807, 2.05) is 13.0 Å². The minimum atomic E-state index is -0.0943. The van der Waals surface area contributed by atoms with Gasteiger partial charge in [-0.15, -0.1) is 0 Å². The number of methoxy groups -OCH3 is 3. The Hall–Kier alpha value is -2.94. The Balaban J connectivity index is 2.76. The lowest BCUT2D eigenvalue weighted by Gasteiger charge is -2.16. The molecular formula is C16H17N2O4+. The molecule has 6 nitrogen and oxygen atoms in total. The second-order valence-corrected chi connectivity index (χ2v) is 4.64. The van der Waals surface area contributed by atoms with Gasteiger partial charge in [-0.3, -0.25) is 0 Å². The lowest BCUT2D eigenvalue weighted by molar-refractivity contribution is 0.325. The first kappa shape index (κ1) is 15.4. The fraction of sp³-hybridized carbons (Fsp3) is 0.250. The van der Waals surface area contributed by atoms with Gasteiger partial charge in [-0.2, -0.15) is 0 Å². The van der Waals surface area contributed by atoms with Crippen LogP contribution in [0, 0.1) is 12.3 Å². The first-order chi connectivity index (χ1) is 10.6. The number of benzene rings is 2. The van der Waals surface area contributed by atoms with Gasteiger partial charge in [0.2, 0.25) is 16.9 Å². The van der Waals surface area contributed by atoms with Crippen molar-refractivity contribution >= 4 is 5.69 Å². The Bertz CT molecular complexity index is 751. The van der Waals surface area contributed by atoms with Crippen LogP contribution < -0.4 is 14.2 Å². The molecule has 0 radical (unpaired) electrons. The summed E-state index contributed by atoms with van der Waals surface area (Å²) in [6.07, 6.45) is 0. The number of nitrogens with zero attached hydrogens (tertiary/aromatic N) is 2. The van der Waals surface area contributed by atoms with Crippen molar-refractivity contribution in [3.8, 4) is 34.1 Å². The Morgan fingerprint density at radius 3 is 2.18 bits per heavy atom. The normalized spacial score (nSPS) is 9.95. The number of aromatic hydroxyl groups is 1. The topological polar surface area (TPSA) is 76.1 Å². The number of hydrogen-bond donors (Lipinski definition) is 1. The summed E-state index contributed by atoms with van der Waals surface area (Å²) in [5.74, 6) is 1.42. The van der Waals surface area contributed by atoms with Gasteiger partial charge in [-0.25, -0.2) is 0 Å². The van der Waals surface area contributed by atoms with Gasteiger partial charge in [-0.1, -0.05) is 0 Å². The summed E-state index contributed by atoms with van der Waals surface area (Å²) < 4.78 is 16.1. The predicted octanol–water partition coefficient (Wildman–Crippen LogP) is 3.88. The molecule has 0 aromatic heterocycles. The summed E-state index contributed by atoms with van der Waals surface area (Å²) in [7, 11) is 4.61. The number of rotatable bonds is 4. The number of aryl methyl sites for hydroxylation is 1. The Labute approximate surface area is 128 Å². The van der Waals surface area contributed by atoms with E-state index in [2.05, 4.69) is 4.98 Å². The van der Waals surface area contributed by atoms with Crippen molar-refractivity contribution in [1.82, 2.24) is 0 Å². The summed E-state index contributed by atoms with van der Waals surface area (Å²) in [6, 6.07) is 6.69. The molecule has 0 amide bonds. The number of diazo groups is 1. The van der Waals surface area contributed by atoms with E-state index in [1.165, 1.54) is 20.3 Å². The highest BCUT2D eigenvalue weighted by molar-refractivity contribution is 5.82.